The number of benzene rings is 1. The average Bonchev–Trinajstić information content (AvgIpc) is 2.43. The lowest BCUT2D eigenvalue weighted by molar-refractivity contribution is 0.0378. The Morgan fingerprint density at radius 2 is 1.90 bits per heavy atom. The van der Waals surface area contributed by atoms with Crippen LogP contribution in [0.1, 0.15) is 35.5 Å². The Balaban J connectivity index is 2.26. The third-order valence-corrected chi connectivity index (χ3v) is 3.11. The molecule has 0 aliphatic rings. The lowest BCUT2D eigenvalue weighted by atomic mass is 10.1. The summed E-state index contributed by atoms with van der Waals surface area (Å²) in [7, 11) is 0. The van der Waals surface area contributed by atoms with E-state index in [2.05, 4.69) is 0 Å². The third-order valence-electron chi connectivity index (χ3n) is 3.11. The zero-order valence-electron chi connectivity index (χ0n) is 12.5. The number of aryl methyl sites for hydroxylation is 1. The molecule has 2 rings (SSSR count). The maximum atomic E-state index is 11.9. The van der Waals surface area contributed by atoms with Gasteiger partial charge in [-0.15, -0.1) is 0 Å². The van der Waals surface area contributed by atoms with Crippen molar-refractivity contribution < 1.29 is 9.53 Å². The largest absolute Gasteiger partial charge is 0.459 e. The highest BCUT2D eigenvalue weighted by Gasteiger charge is 2.10. The fourth-order valence-electron chi connectivity index (χ4n) is 2.09. The van der Waals surface area contributed by atoms with Crippen molar-refractivity contribution in [3.05, 3.63) is 69.6 Å². The molecule has 0 aliphatic carbocycles. The Bertz CT molecular complexity index is 701. The van der Waals surface area contributed by atoms with Crippen LogP contribution in [0.5, 0.6) is 0 Å². The molecule has 0 radical (unpaired) electrons. The van der Waals surface area contributed by atoms with E-state index in [4.69, 9.17) is 4.74 Å². The summed E-state index contributed by atoms with van der Waals surface area (Å²) >= 11 is 0. The van der Waals surface area contributed by atoms with Crippen molar-refractivity contribution in [3.63, 3.8) is 0 Å². The summed E-state index contributed by atoms with van der Waals surface area (Å²) in [4.78, 5) is 23.8. The molecular formula is C17H19NO3. The summed E-state index contributed by atoms with van der Waals surface area (Å²) in [6, 6.07) is 12.3. The number of carbonyl (C=O) groups is 1. The SMILES string of the molecule is Cc1cccc(=O)n1Cc1cccc(C(=O)OC(C)C)c1. The van der Waals surface area contributed by atoms with E-state index >= 15 is 0 Å². The van der Waals surface area contributed by atoms with Gasteiger partial charge >= 0.3 is 5.97 Å². The first kappa shape index (κ1) is 15.0. The molecule has 21 heavy (non-hydrogen) atoms. The molecule has 4 nitrogen and oxygen atoms in total. The second kappa shape index (κ2) is 6.39. The molecule has 0 N–H and O–H groups in total. The Hall–Kier alpha value is -2.36. The minimum absolute atomic E-state index is 0.0508. The predicted octanol–water partition coefficient (Wildman–Crippen LogP) is 2.77. The minimum atomic E-state index is -0.344. The first-order chi connectivity index (χ1) is 9.97. The van der Waals surface area contributed by atoms with Crippen molar-refractivity contribution in [2.75, 3.05) is 0 Å². The zero-order valence-corrected chi connectivity index (χ0v) is 12.5. The molecule has 0 bridgehead atoms. The molecule has 0 saturated carbocycles. The summed E-state index contributed by atoms with van der Waals surface area (Å²) in [6.45, 7) is 5.95. The van der Waals surface area contributed by atoms with Gasteiger partial charge in [0.2, 0.25) is 0 Å². The van der Waals surface area contributed by atoms with Crippen LogP contribution in [0, 0.1) is 6.92 Å². The quantitative estimate of drug-likeness (QED) is 0.812. The Labute approximate surface area is 124 Å². The number of nitrogens with zero attached hydrogens (tertiary/aromatic N) is 1. The van der Waals surface area contributed by atoms with Crippen LogP contribution < -0.4 is 5.56 Å². The molecule has 0 saturated heterocycles. The van der Waals surface area contributed by atoms with Crippen molar-refractivity contribution in [1.82, 2.24) is 4.57 Å². The Kier molecular flexibility index (Phi) is 4.58. The first-order valence-corrected chi connectivity index (χ1v) is 6.94. The van der Waals surface area contributed by atoms with Gasteiger partial charge in [0.15, 0.2) is 0 Å². The number of pyridine rings is 1. The highest BCUT2D eigenvalue weighted by atomic mass is 16.5. The van der Waals surface area contributed by atoms with Crippen molar-refractivity contribution in [3.8, 4) is 0 Å². The molecule has 1 aromatic carbocycles. The number of ether oxygens (including phenoxy) is 1. The van der Waals surface area contributed by atoms with E-state index in [1.165, 1.54) is 6.07 Å². The van der Waals surface area contributed by atoms with Crippen molar-refractivity contribution in [2.45, 2.75) is 33.4 Å². The van der Waals surface area contributed by atoms with Gasteiger partial charge in [0, 0.05) is 11.8 Å². The summed E-state index contributed by atoms with van der Waals surface area (Å²) in [5.74, 6) is -0.344. The van der Waals surface area contributed by atoms with Gasteiger partial charge in [0.1, 0.15) is 0 Å². The van der Waals surface area contributed by atoms with Crippen LogP contribution in [0.25, 0.3) is 0 Å². The van der Waals surface area contributed by atoms with Crippen molar-refractivity contribution >= 4 is 5.97 Å². The van der Waals surface area contributed by atoms with Gasteiger partial charge < -0.3 is 9.30 Å². The molecule has 0 spiro atoms. The van der Waals surface area contributed by atoms with Crippen LogP contribution in [0.4, 0.5) is 0 Å². The highest BCUT2D eigenvalue weighted by molar-refractivity contribution is 5.89. The van der Waals surface area contributed by atoms with Crippen LogP contribution in [0.3, 0.4) is 0 Å². The van der Waals surface area contributed by atoms with Crippen LogP contribution in [-0.2, 0) is 11.3 Å². The number of hydrogen-bond donors (Lipinski definition) is 0. The van der Waals surface area contributed by atoms with Gasteiger partial charge in [-0.25, -0.2) is 4.79 Å². The summed E-state index contributed by atoms with van der Waals surface area (Å²) < 4.78 is 6.85. The van der Waals surface area contributed by atoms with Gasteiger partial charge in [-0.05, 0) is 44.5 Å². The van der Waals surface area contributed by atoms with Crippen LogP contribution in [-0.4, -0.2) is 16.6 Å². The first-order valence-electron chi connectivity index (χ1n) is 6.94. The molecule has 1 heterocycles. The van der Waals surface area contributed by atoms with Crippen molar-refractivity contribution in [1.29, 1.82) is 0 Å². The van der Waals surface area contributed by atoms with Crippen molar-refractivity contribution in [2.24, 2.45) is 0 Å². The van der Waals surface area contributed by atoms with Crippen LogP contribution in [0.15, 0.2) is 47.3 Å². The molecule has 0 atom stereocenters. The average molecular weight is 285 g/mol. The fourth-order valence-corrected chi connectivity index (χ4v) is 2.09. The molecule has 0 unspecified atom stereocenters. The fraction of sp³-hybridized carbons (Fsp3) is 0.294. The van der Waals surface area contributed by atoms with E-state index < -0.39 is 0 Å². The van der Waals surface area contributed by atoms with Crippen LogP contribution in [0.2, 0.25) is 0 Å². The monoisotopic (exact) mass is 285 g/mol. The Morgan fingerprint density at radius 1 is 1.19 bits per heavy atom. The second-order valence-electron chi connectivity index (χ2n) is 5.25. The van der Waals surface area contributed by atoms with Gasteiger partial charge in [-0.3, -0.25) is 4.79 Å². The number of aromatic nitrogens is 1. The van der Waals surface area contributed by atoms with Gasteiger partial charge in [0.05, 0.1) is 18.2 Å². The molecule has 0 amide bonds. The van der Waals surface area contributed by atoms with E-state index in [9.17, 15) is 9.59 Å². The lowest BCUT2D eigenvalue weighted by Crippen LogP contribution is -2.21. The second-order valence-corrected chi connectivity index (χ2v) is 5.25. The van der Waals surface area contributed by atoms with E-state index in [0.29, 0.717) is 12.1 Å². The summed E-state index contributed by atoms with van der Waals surface area (Å²) in [5, 5.41) is 0. The normalized spacial score (nSPS) is 10.7. The third kappa shape index (κ3) is 3.81. The summed E-state index contributed by atoms with van der Waals surface area (Å²) in [5.41, 5.74) is 2.23. The van der Waals surface area contributed by atoms with E-state index in [1.54, 1.807) is 28.8 Å². The maximum absolute atomic E-state index is 11.9. The molecule has 110 valence electrons. The van der Waals surface area contributed by atoms with E-state index in [-0.39, 0.29) is 17.6 Å². The number of hydrogen-bond acceptors (Lipinski definition) is 3. The molecule has 4 heteroatoms. The zero-order chi connectivity index (χ0) is 15.4. The lowest BCUT2D eigenvalue weighted by Gasteiger charge is -2.11. The number of rotatable bonds is 4. The minimum Gasteiger partial charge on any atom is -0.459 e. The molecule has 0 aliphatic heterocycles. The molecule has 2 aromatic rings. The van der Waals surface area contributed by atoms with E-state index in [1.807, 2.05) is 32.9 Å². The maximum Gasteiger partial charge on any atom is 0.338 e. The smallest absolute Gasteiger partial charge is 0.338 e. The van der Waals surface area contributed by atoms with Gasteiger partial charge in [-0.2, -0.15) is 0 Å². The molecule has 0 fully saturated rings. The van der Waals surface area contributed by atoms with Gasteiger partial charge in [0.25, 0.3) is 5.56 Å². The topological polar surface area (TPSA) is 48.3 Å². The van der Waals surface area contributed by atoms with E-state index in [0.717, 1.165) is 11.3 Å². The number of esters is 1. The van der Waals surface area contributed by atoms with Crippen LogP contribution >= 0.6 is 0 Å². The van der Waals surface area contributed by atoms with Gasteiger partial charge in [-0.1, -0.05) is 18.2 Å². The predicted molar refractivity (Wildman–Crippen MR) is 81.5 cm³/mol. The standard InChI is InChI=1S/C17H19NO3/c1-12(2)21-17(20)15-8-5-7-14(10-15)11-18-13(3)6-4-9-16(18)19/h4-10,12H,11H2,1-3H3. The molecular weight excluding hydrogens is 266 g/mol. The molecule has 1 aromatic heterocycles. The highest BCUT2D eigenvalue weighted by Crippen LogP contribution is 2.10. The Morgan fingerprint density at radius 3 is 2.57 bits per heavy atom. The summed E-state index contributed by atoms with van der Waals surface area (Å²) in [6.07, 6.45) is -0.153. The number of carbonyl (C=O) groups excluding carboxylic acids is 1.